The van der Waals surface area contributed by atoms with Crippen molar-refractivity contribution >= 4 is 19.9 Å². The van der Waals surface area contributed by atoms with Crippen LogP contribution in [0.4, 0.5) is 0 Å². The summed E-state index contributed by atoms with van der Waals surface area (Å²) < 4.78 is 65.9. The topological polar surface area (TPSA) is 102 Å². The van der Waals surface area contributed by atoms with Crippen molar-refractivity contribution in [3.63, 3.8) is 0 Å². The lowest BCUT2D eigenvalue weighted by molar-refractivity contribution is 0.285. The smallest absolute Gasteiger partial charge is 0.247 e. The second-order valence-electron chi connectivity index (χ2n) is 8.67. The highest BCUT2D eigenvalue weighted by molar-refractivity contribution is 7.92. The van der Waals surface area contributed by atoms with Gasteiger partial charge in [0.05, 0.1) is 31.8 Å². The Hall–Kier alpha value is -2.92. The molecule has 3 aromatic rings. The highest BCUT2D eigenvalue weighted by Gasteiger charge is 2.46. The van der Waals surface area contributed by atoms with E-state index in [0.29, 0.717) is 12.3 Å². The van der Waals surface area contributed by atoms with Gasteiger partial charge in [0.2, 0.25) is 10.0 Å². The van der Waals surface area contributed by atoms with Crippen LogP contribution in [-0.2, 0) is 33.0 Å². The van der Waals surface area contributed by atoms with Crippen LogP contribution in [0.1, 0.15) is 11.1 Å². The molecule has 0 bridgehead atoms. The summed E-state index contributed by atoms with van der Waals surface area (Å²) >= 11 is 0. The summed E-state index contributed by atoms with van der Waals surface area (Å²) in [6.45, 7) is 0.423. The molecule has 192 valence electrons. The predicted octanol–water partition coefficient (Wildman–Crippen LogP) is 2.85. The molecule has 1 fully saturated rings. The summed E-state index contributed by atoms with van der Waals surface area (Å²) in [6, 6.07) is 21.9. The van der Waals surface area contributed by atoms with Crippen LogP contribution in [0, 0.1) is 0 Å². The largest absolute Gasteiger partial charge is 0.497 e. The van der Waals surface area contributed by atoms with Gasteiger partial charge in [0.1, 0.15) is 16.4 Å². The Morgan fingerprint density at radius 2 is 1.53 bits per heavy atom. The van der Waals surface area contributed by atoms with Crippen molar-refractivity contribution in [3.05, 3.63) is 90.0 Å². The first-order chi connectivity index (χ1) is 17.2. The molecule has 0 radical (unpaired) electrons. The molecule has 0 amide bonds. The summed E-state index contributed by atoms with van der Waals surface area (Å²) in [5, 5.41) is 3.30. The van der Waals surface area contributed by atoms with Crippen molar-refractivity contribution in [2.45, 2.75) is 30.1 Å². The number of ether oxygens (including phenoxy) is 2. The van der Waals surface area contributed by atoms with Crippen LogP contribution in [0.3, 0.4) is 0 Å². The Labute approximate surface area is 212 Å². The minimum atomic E-state index is -4.20. The fourth-order valence-electron chi connectivity index (χ4n) is 4.41. The van der Waals surface area contributed by atoms with E-state index in [1.54, 1.807) is 6.07 Å². The van der Waals surface area contributed by atoms with Gasteiger partial charge in [-0.05, 0) is 23.3 Å². The lowest BCUT2D eigenvalue weighted by Gasteiger charge is -2.32. The van der Waals surface area contributed by atoms with Gasteiger partial charge in [0.15, 0.2) is 9.84 Å². The molecule has 2 atom stereocenters. The molecule has 3 aromatic carbocycles. The maximum Gasteiger partial charge on any atom is 0.247 e. The first kappa shape index (κ1) is 26.2. The molecule has 1 N–H and O–H groups in total. The maximum atomic E-state index is 14.2. The van der Waals surface area contributed by atoms with Crippen LogP contribution in [-0.4, -0.2) is 58.9 Å². The van der Waals surface area contributed by atoms with Crippen molar-refractivity contribution in [1.82, 2.24) is 9.62 Å². The van der Waals surface area contributed by atoms with Crippen molar-refractivity contribution in [2.24, 2.45) is 0 Å². The average Bonchev–Trinajstić information content (AvgIpc) is 3.20. The molecule has 1 aliphatic rings. The molecule has 36 heavy (non-hydrogen) atoms. The van der Waals surface area contributed by atoms with Gasteiger partial charge < -0.3 is 14.8 Å². The van der Waals surface area contributed by atoms with E-state index in [1.807, 2.05) is 60.7 Å². The Kier molecular flexibility index (Phi) is 7.99. The van der Waals surface area contributed by atoms with E-state index >= 15 is 0 Å². The number of sulfonamides is 1. The van der Waals surface area contributed by atoms with Gasteiger partial charge in [0.25, 0.3) is 0 Å². The lowest BCUT2D eigenvalue weighted by Crippen LogP contribution is -2.51. The first-order valence-corrected chi connectivity index (χ1v) is 14.7. The number of benzene rings is 3. The van der Waals surface area contributed by atoms with E-state index in [2.05, 4.69) is 5.32 Å². The maximum absolute atomic E-state index is 14.2. The number of rotatable bonds is 10. The molecule has 0 aliphatic carbocycles. The Bertz CT molecular complexity index is 1380. The second-order valence-corrected chi connectivity index (χ2v) is 12.7. The minimum Gasteiger partial charge on any atom is -0.497 e. The van der Waals surface area contributed by atoms with Gasteiger partial charge >= 0.3 is 0 Å². The zero-order valence-electron chi connectivity index (χ0n) is 20.2. The Morgan fingerprint density at radius 1 is 0.889 bits per heavy atom. The molecule has 1 saturated heterocycles. The lowest BCUT2D eigenvalue weighted by atomic mass is 10.1. The monoisotopic (exact) mass is 530 g/mol. The van der Waals surface area contributed by atoms with Crippen molar-refractivity contribution < 1.29 is 26.3 Å². The summed E-state index contributed by atoms with van der Waals surface area (Å²) in [5.41, 5.74) is 1.72. The number of nitrogens with zero attached hydrogens (tertiary/aromatic N) is 1. The van der Waals surface area contributed by atoms with Crippen LogP contribution < -0.4 is 14.8 Å². The standard InChI is InChI=1S/C26H30N2O6S2/c1-33-22-13-14-25(34-2)26(15-22)36(31,32)28(17-21-11-7-4-8-12-21)24-19-35(29,30)18-23(24)27-16-20-9-5-3-6-10-20/h3-15,23-24,27H,16-19H2,1-2H3/t23-,24+/m0/s1. The number of hydrogen-bond acceptors (Lipinski definition) is 7. The summed E-state index contributed by atoms with van der Waals surface area (Å²) in [4.78, 5) is -0.0774. The third-order valence-corrected chi connectivity index (χ3v) is 9.85. The van der Waals surface area contributed by atoms with Gasteiger partial charge in [-0.2, -0.15) is 4.31 Å². The van der Waals surface area contributed by atoms with E-state index in [0.717, 1.165) is 11.1 Å². The van der Waals surface area contributed by atoms with Crippen LogP contribution >= 0.6 is 0 Å². The molecule has 1 aliphatic heterocycles. The first-order valence-electron chi connectivity index (χ1n) is 11.5. The third kappa shape index (κ3) is 5.89. The van der Waals surface area contributed by atoms with Gasteiger partial charge in [-0.25, -0.2) is 16.8 Å². The Balaban J connectivity index is 1.76. The van der Waals surface area contributed by atoms with E-state index in [-0.39, 0.29) is 28.7 Å². The minimum absolute atomic E-state index is 0.00718. The molecule has 0 spiro atoms. The Morgan fingerprint density at radius 3 is 2.14 bits per heavy atom. The normalized spacial score (nSPS) is 19.3. The van der Waals surface area contributed by atoms with E-state index < -0.39 is 31.9 Å². The summed E-state index contributed by atoms with van der Waals surface area (Å²) in [7, 11) is -4.84. The molecule has 0 unspecified atom stereocenters. The van der Waals surface area contributed by atoms with E-state index in [1.165, 1.54) is 30.7 Å². The predicted molar refractivity (Wildman–Crippen MR) is 138 cm³/mol. The number of nitrogens with one attached hydrogen (secondary N) is 1. The van der Waals surface area contributed by atoms with Crippen LogP contribution in [0.15, 0.2) is 83.8 Å². The molecule has 10 heteroatoms. The van der Waals surface area contributed by atoms with Gasteiger partial charge in [-0.1, -0.05) is 60.7 Å². The van der Waals surface area contributed by atoms with E-state index in [4.69, 9.17) is 9.47 Å². The average molecular weight is 531 g/mol. The summed E-state index contributed by atoms with van der Waals surface area (Å²) in [5.74, 6) is 0.0774. The quantitative estimate of drug-likeness (QED) is 0.430. The number of methoxy groups -OCH3 is 2. The van der Waals surface area contributed by atoms with Crippen molar-refractivity contribution in [2.75, 3.05) is 25.7 Å². The molecule has 8 nitrogen and oxygen atoms in total. The second kappa shape index (κ2) is 11.0. The molecule has 0 saturated carbocycles. The number of hydrogen-bond donors (Lipinski definition) is 1. The van der Waals surface area contributed by atoms with Crippen molar-refractivity contribution in [3.8, 4) is 11.5 Å². The van der Waals surface area contributed by atoms with Gasteiger partial charge in [-0.15, -0.1) is 0 Å². The highest BCUT2D eigenvalue weighted by atomic mass is 32.2. The van der Waals surface area contributed by atoms with Crippen LogP contribution in [0.25, 0.3) is 0 Å². The summed E-state index contributed by atoms with van der Waals surface area (Å²) in [6.07, 6.45) is 0. The highest BCUT2D eigenvalue weighted by Crippen LogP contribution is 2.34. The van der Waals surface area contributed by atoms with E-state index in [9.17, 15) is 16.8 Å². The fourth-order valence-corrected chi connectivity index (χ4v) is 8.28. The molecule has 4 rings (SSSR count). The molecular weight excluding hydrogens is 500 g/mol. The zero-order valence-corrected chi connectivity index (χ0v) is 21.8. The third-order valence-electron chi connectivity index (χ3n) is 6.24. The molecule has 1 heterocycles. The van der Waals surface area contributed by atoms with Crippen LogP contribution in [0.5, 0.6) is 11.5 Å². The SMILES string of the molecule is COc1ccc(OC)c(S(=O)(=O)N(Cc2ccccc2)[C@@H]2CS(=O)(=O)C[C@@H]2NCc2ccccc2)c1. The molecule has 0 aromatic heterocycles. The van der Waals surface area contributed by atoms with Crippen LogP contribution in [0.2, 0.25) is 0 Å². The van der Waals surface area contributed by atoms with Gasteiger partial charge in [-0.3, -0.25) is 0 Å². The number of sulfone groups is 1. The fraction of sp³-hybridized carbons (Fsp3) is 0.308. The van der Waals surface area contributed by atoms with Gasteiger partial charge in [0, 0.05) is 25.2 Å². The molecular formula is C26H30N2O6S2. The van der Waals surface area contributed by atoms with Crippen molar-refractivity contribution in [1.29, 1.82) is 0 Å². The zero-order chi connectivity index (χ0) is 25.8.